The van der Waals surface area contributed by atoms with Gasteiger partial charge < -0.3 is 14.5 Å². The number of esters is 1. The number of nitrogens with one attached hydrogen (secondary N) is 2. The lowest BCUT2D eigenvalue weighted by atomic mass is 10.2. The summed E-state index contributed by atoms with van der Waals surface area (Å²) in [6.07, 6.45) is 1.26. The van der Waals surface area contributed by atoms with Crippen LogP contribution < -0.4 is 11.1 Å². The maximum absolute atomic E-state index is 12.1. The van der Waals surface area contributed by atoms with E-state index >= 15 is 0 Å². The van der Waals surface area contributed by atoms with Crippen LogP contribution in [0.25, 0.3) is 11.1 Å². The summed E-state index contributed by atoms with van der Waals surface area (Å²) in [5.41, 5.74) is 1.73. The van der Waals surface area contributed by atoms with E-state index < -0.39 is 17.6 Å². The van der Waals surface area contributed by atoms with Crippen LogP contribution in [0.5, 0.6) is 0 Å². The third-order valence-electron chi connectivity index (χ3n) is 3.09. The van der Waals surface area contributed by atoms with Crippen LogP contribution in [0.3, 0.4) is 0 Å². The van der Waals surface area contributed by atoms with Gasteiger partial charge in [0.15, 0.2) is 5.58 Å². The molecule has 0 atom stereocenters. The Morgan fingerprint density at radius 2 is 2.09 bits per heavy atom. The second-order valence-corrected chi connectivity index (χ2v) is 4.60. The summed E-state index contributed by atoms with van der Waals surface area (Å²) in [6.45, 7) is 0. The molecule has 8 nitrogen and oxygen atoms in total. The fourth-order valence-electron chi connectivity index (χ4n) is 1.99. The summed E-state index contributed by atoms with van der Waals surface area (Å²) in [5.74, 6) is -1.55. The Morgan fingerprint density at radius 1 is 1.26 bits per heavy atom. The summed E-state index contributed by atoms with van der Waals surface area (Å²) in [6, 6.07) is 7.60. The van der Waals surface area contributed by atoms with Gasteiger partial charge in [-0.25, -0.2) is 9.59 Å². The molecule has 116 valence electrons. The number of hydrogen-bond acceptors (Lipinski definition) is 6. The first kappa shape index (κ1) is 14.5. The van der Waals surface area contributed by atoms with Gasteiger partial charge in [0.2, 0.25) is 0 Å². The third kappa shape index (κ3) is 2.95. The Balaban J connectivity index is 1.79. The second kappa shape index (κ2) is 5.76. The molecule has 8 heteroatoms. The number of ether oxygens (including phenoxy) is 1. The quantitative estimate of drug-likeness (QED) is 0.709. The van der Waals surface area contributed by atoms with Gasteiger partial charge in [-0.2, -0.15) is 0 Å². The molecule has 0 radical (unpaired) electrons. The first-order valence-electron chi connectivity index (χ1n) is 6.55. The number of hydrogen-bond donors (Lipinski definition) is 2. The molecule has 1 aromatic carbocycles. The summed E-state index contributed by atoms with van der Waals surface area (Å²) >= 11 is 0. The van der Waals surface area contributed by atoms with Crippen molar-refractivity contribution in [2.45, 2.75) is 0 Å². The van der Waals surface area contributed by atoms with Crippen LogP contribution in [0.4, 0.5) is 5.69 Å². The molecule has 0 fully saturated rings. The molecule has 23 heavy (non-hydrogen) atoms. The molecule has 0 aliphatic rings. The molecule has 2 N–H and O–H groups in total. The minimum absolute atomic E-state index is 0.137. The molecule has 0 unspecified atom stereocenters. The first-order chi connectivity index (χ1) is 11.1. The maximum atomic E-state index is 12.1. The average Bonchev–Trinajstić information content (AvgIpc) is 2.93. The summed E-state index contributed by atoms with van der Waals surface area (Å²) < 4.78 is 9.44. The Labute approximate surface area is 129 Å². The number of fused-ring (bicyclic) bond motifs is 1. The summed E-state index contributed by atoms with van der Waals surface area (Å²) in [5, 5.41) is 2.64. The van der Waals surface area contributed by atoms with Gasteiger partial charge in [0.05, 0.1) is 18.2 Å². The number of H-pyrrole nitrogens is 1. The van der Waals surface area contributed by atoms with Crippen molar-refractivity contribution in [3.05, 3.63) is 58.3 Å². The van der Waals surface area contributed by atoms with Crippen molar-refractivity contribution in [3.63, 3.8) is 0 Å². The van der Waals surface area contributed by atoms with Gasteiger partial charge in [0.1, 0.15) is 5.69 Å². The highest BCUT2D eigenvalue weighted by atomic mass is 16.5. The zero-order valence-electron chi connectivity index (χ0n) is 12.0. The van der Waals surface area contributed by atoms with Crippen LogP contribution in [0.1, 0.15) is 20.8 Å². The average molecular weight is 313 g/mol. The molecule has 2 heterocycles. The highest BCUT2D eigenvalue weighted by Gasteiger charge is 2.11. The highest BCUT2D eigenvalue weighted by Crippen LogP contribution is 2.16. The van der Waals surface area contributed by atoms with Crippen molar-refractivity contribution in [3.8, 4) is 0 Å². The maximum Gasteiger partial charge on any atom is 0.417 e. The van der Waals surface area contributed by atoms with E-state index in [9.17, 15) is 14.4 Å². The number of carbonyl (C=O) groups excluding carboxylic acids is 2. The van der Waals surface area contributed by atoms with Crippen molar-refractivity contribution in [2.75, 3.05) is 12.4 Å². The number of pyridine rings is 1. The highest BCUT2D eigenvalue weighted by molar-refractivity contribution is 6.03. The van der Waals surface area contributed by atoms with Crippen LogP contribution in [0.2, 0.25) is 0 Å². The number of aromatic nitrogens is 2. The van der Waals surface area contributed by atoms with E-state index in [0.29, 0.717) is 16.8 Å². The SMILES string of the molecule is COC(=O)c1ccc(C(=O)Nc2ccc3oc(=O)[nH]c3c2)nc1. The number of amides is 1. The predicted molar refractivity (Wildman–Crippen MR) is 80.4 cm³/mol. The van der Waals surface area contributed by atoms with Crippen molar-refractivity contribution < 1.29 is 18.7 Å². The fraction of sp³-hybridized carbons (Fsp3) is 0.0667. The molecule has 0 aliphatic carbocycles. The fourth-order valence-corrected chi connectivity index (χ4v) is 1.99. The molecule has 2 aromatic heterocycles. The van der Waals surface area contributed by atoms with Crippen LogP contribution in [0, 0.1) is 0 Å². The van der Waals surface area contributed by atoms with Gasteiger partial charge in [-0.3, -0.25) is 14.8 Å². The molecule has 0 aliphatic heterocycles. The molecule has 1 amide bonds. The number of rotatable bonds is 3. The first-order valence-corrected chi connectivity index (χ1v) is 6.55. The Bertz CT molecular complexity index is 940. The topological polar surface area (TPSA) is 114 Å². The Morgan fingerprint density at radius 3 is 2.78 bits per heavy atom. The van der Waals surface area contributed by atoms with E-state index in [4.69, 9.17) is 4.42 Å². The lowest BCUT2D eigenvalue weighted by Gasteiger charge is -2.05. The van der Waals surface area contributed by atoms with Gasteiger partial charge >= 0.3 is 11.7 Å². The van der Waals surface area contributed by atoms with Gasteiger partial charge in [-0.05, 0) is 30.3 Å². The zero-order chi connectivity index (χ0) is 16.4. The smallest absolute Gasteiger partial charge is 0.417 e. The predicted octanol–water partition coefficient (Wildman–Crippen LogP) is 1.55. The number of nitrogens with zero attached hydrogens (tertiary/aromatic N) is 1. The third-order valence-corrected chi connectivity index (χ3v) is 3.09. The minimum atomic E-state index is -0.566. The van der Waals surface area contributed by atoms with E-state index in [-0.39, 0.29) is 11.3 Å². The lowest BCUT2D eigenvalue weighted by Crippen LogP contribution is -2.14. The minimum Gasteiger partial charge on any atom is -0.465 e. The molecule has 0 saturated carbocycles. The van der Waals surface area contributed by atoms with Crippen LogP contribution in [-0.2, 0) is 4.74 Å². The number of aromatic amines is 1. The van der Waals surface area contributed by atoms with E-state index in [0.717, 1.165) is 0 Å². The molecular weight excluding hydrogens is 302 g/mol. The Kier molecular flexibility index (Phi) is 3.63. The lowest BCUT2D eigenvalue weighted by molar-refractivity contribution is 0.0600. The van der Waals surface area contributed by atoms with E-state index in [1.165, 1.54) is 25.4 Å². The van der Waals surface area contributed by atoms with E-state index in [2.05, 4.69) is 20.0 Å². The van der Waals surface area contributed by atoms with Crippen molar-refractivity contribution >= 4 is 28.7 Å². The van der Waals surface area contributed by atoms with Crippen LogP contribution in [-0.4, -0.2) is 29.0 Å². The normalized spacial score (nSPS) is 10.5. The standard InChI is InChI=1S/C15H11N3O5/c1-22-14(20)8-2-4-10(16-7-8)13(19)17-9-3-5-12-11(6-9)18-15(21)23-12/h2-7H,1H3,(H,17,19)(H,18,21). The number of carbonyl (C=O) groups is 2. The van der Waals surface area contributed by atoms with Gasteiger partial charge in [-0.15, -0.1) is 0 Å². The molecular formula is C15H11N3O5. The van der Waals surface area contributed by atoms with Crippen molar-refractivity contribution in [2.24, 2.45) is 0 Å². The van der Waals surface area contributed by atoms with Gasteiger partial charge in [0, 0.05) is 11.9 Å². The summed E-state index contributed by atoms with van der Waals surface area (Å²) in [4.78, 5) is 40.9. The van der Waals surface area contributed by atoms with Crippen LogP contribution >= 0.6 is 0 Å². The molecule has 3 rings (SSSR count). The van der Waals surface area contributed by atoms with Gasteiger partial charge in [0.25, 0.3) is 5.91 Å². The molecule has 0 spiro atoms. The molecule has 0 bridgehead atoms. The van der Waals surface area contributed by atoms with Gasteiger partial charge in [-0.1, -0.05) is 0 Å². The second-order valence-electron chi connectivity index (χ2n) is 4.60. The largest absolute Gasteiger partial charge is 0.465 e. The van der Waals surface area contributed by atoms with Crippen molar-refractivity contribution in [1.29, 1.82) is 0 Å². The zero-order valence-corrected chi connectivity index (χ0v) is 12.0. The summed E-state index contributed by atoms with van der Waals surface area (Å²) in [7, 11) is 1.26. The monoisotopic (exact) mass is 313 g/mol. The molecule has 3 aromatic rings. The van der Waals surface area contributed by atoms with E-state index in [1.54, 1.807) is 18.2 Å². The van der Waals surface area contributed by atoms with Crippen LogP contribution in [0.15, 0.2) is 45.7 Å². The Hall–Kier alpha value is -3.42. The molecule has 0 saturated heterocycles. The van der Waals surface area contributed by atoms with E-state index in [1.807, 2.05) is 0 Å². The number of oxazole rings is 1. The number of anilines is 1. The number of benzene rings is 1. The number of methoxy groups -OCH3 is 1. The van der Waals surface area contributed by atoms with Crippen molar-refractivity contribution in [1.82, 2.24) is 9.97 Å².